The van der Waals surface area contributed by atoms with Crippen LogP contribution in [0.5, 0.6) is 0 Å². The van der Waals surface area contributed by atoms with E-state index in [-0.39, 0.29) is 12.1 Å². The maximum atomic E-state index is 13.1. The van der Waals surface area contributed by atoms with E-state index in [1.54, 1.807) is 0 Å². The average Bonchev–Trinajstić information content (AvgIpc) is 2.20. The number of carbonyl (C=O) groups is 1. The van der Waals surface area contributed by atoms with E-state index in [1.807, 2.05) is 0 Å². The standard InChI is InChI=1S/C11H9F2NO/c1-2-3-11(15)14-7-8-6-9(12)4-5-10(8)13/h4-6H,7H2,1H3,(H,14,15). The molecule has 1 rings (SSSR count). The molecular weight excluding hydrogens is 200 g/mol. The van der Waals surface area contributed by atoms with Crippen molar-refractivity contribution in [1.29, 1.82) is 0 Å². The maximum absolute atomic E-state index is 13.1. The normalized spacial score (nSPS) is 9.00. The van der Waals surface area contributed by atoms with Crippen molar-refractivity contribution in [3.8, 4) is 11.8 Å². The predicted molar refractivity (Wildman–Crippen MR) is 51.7 cm³/mol. The van der Waals surface area contributed by atoms with Crippen LogP contribution in [0.4, 0.5) is 8.78 Å². The van der Waals surface area contributed by atoms with Crippen LogP contribution in [0.1, 0.15) is 12.5 Å². The summed E-state index contributed by atoms with van der Waals surface area (Å²) in [5, 5.41) is 2.35. The van der Waals surface area contributed by atoms with Crippen LogP contribution in [0.25, 0.3) is 0 Å². The van der Waals surface area contributed by atoms with Crippen molar-refractivity contribution in [2.75, 3.05) is 0 Å². The fourth-order valence-electron chi connectivity index (χ4n) is 1.01. The molecule has 1 amide bonds. The van der Waals surface area contributed by atoms with Gasteiger partial charge in [-0.25, -0.2) is 8.78 Å². The topological polar surface area (TPSA) is 29.1 Å². The third kappa shape index (κ3) is 3.39. The minimum absolute atomic E-state index is 0.0723. The van der Waals surface area contributed by atoms with E-state index in [1.165, 1.54) is 6.92 Å². The fraction of sp³-hybridized carbons (Fsp3) is 0.182. The second-order valence-corrected chi connectivity index (χ2v) is 2.79. The fourth-order valence-corrected chi connectivity index (χ4v) is 1.01. The lowest BCUT2D eigenvalue weighted by molar-refractivity contribution is -0.115. The van der Waals surface area contributed by atoms with Gasteiger partial charge in [0.05, 0.1) is 0 Å². The molecule has 0 fully saturated rings. The van der Waals surface area contributed by atoms with Crippen LogP contribution in [0.15, 0.2) is 18.2 Å². The van der Waals surface area contributed by atoms with Crippen LogP contribution >= 0.6 is 0 Å². The molecule has 0 atom stereocenters. The van der Waals surface area contributed by atoms with Gasteiger partial charge in [0.1, 0.15) is 11.6 Å². The molecule has 0 aliphatic rings. The van der Waals surface area contributed by atoms with Gasteiger partial charge in [-0.05, 0) is 31.0 Å². The highest BCUT2D eigenvalue weighted by atomic mass is 19.1. The molecule has 0 aliphatic heterocycles. The first-order valence-corrected chi connectivity index (χ1v) is 4.28. The van der Waals surface area contributed by atoms with Gasteiger partial charge < -0.3 is 5.32 Å². The Morgan fingerprint density at radius 2 is 2.20 bits per heavy atom. The lowest BCUT2D eigenvalue weighted by atomic mass is 10.2. The van der Waals surface area contributed by atoms with Gasteiger partial charge in [-0.3, -0.25) is 4.79 Å². The zero-order valence-corrected chi connectivity index (χ0v) is 8.10. The number of rotatable bonds is 2. The number of nitrogens with one attached hydrogen (secondary N) is 1. The number of hydrogen-bond acceptors (Lipinski definition) is 1. The molecule has 0 saturated carbocycles. The van der Waals surface area contributed by atoms with E-state index in [0.717, 1.165) is 18.2 Å². The summed E-state index contributed by atoms with van der Waals surface area (Å²) < 4.78 is 25.8. The van der Waals surface area contributed by atoms with Crippen molar-refractivity contribution in [2.45, 2.75) is 13.5 Å². The molecule has 0 aromatic heterocycles. The molecule has 1 aromatic carbocycles. The molecule has 0 spiro atoms. The monoisotopic (exact) mass is 209 g/mol. The second kappa shape index (κ2) is 5.11. The highest BCUT2D eigenvalue weighted by Gasteiger charge is 2.04. The van der Waals surface area contributed by atoms with Gasteiger partial charge in [0.15, 0.2) is 0 Å². The molecule has 4 heteroatoms. The summed E-state index contributed by atoms with van der Waals surface area (Å²) in [7, 11) is 0. The van der Waals surface area contributed by atoms with Crippen molar-refractivity contribution < 1.29 is 13.6 Å². The SMILES string of the molecule is CC#CC(=O)NCc1cc(F)ccc1F. The molecular formula is C11H9F2NO. The molecule has 0 aliphatic carbocycles. The Morgan fingerprint density at radius 1 is 1.47 bits per heavy atom. The molecule has 15 heavy (non-hydrogen) atoms. The third-order valence-electron chi connectivity index (χ3n) is 1.69. The Kier molecular flexibility index (Phi) is 3.81. The highest BCUT2D eigenvalue weighted by Crippen LogP contribution is 2.08. The minimum atomic E-state index is -0.554. The summed E-state index contributed by atoms with van der Waals surface area (Å²) in [6.07, 6.45) is 0. The summed E-state index contributed by atoms with van der Waals surface area (Å²) in [6.45, 7) is 1.44. The Balaban J connectivity index is 2.67. The number of benzene rings is 1. The molecule has 0 saturated heterocycles. The number of carbonyl (C=O) groups excluding carboxylic acids is 1. The molecule has 1 aromatic rings. The van der Waals surface area contributed by atoms with E-state index in [0.29, 0.717) is 0 Å². The van der Waals surface area contributed by atoms with Gasteiger partial charge in [-0.2, -0.15) is 0 Å². The van der Waals surface area contributed by atoms with Gasteiger partial charge in [0.2, 0.25) is 0 Å². The molecule has 0 radical (unpaired) electrons. The molecule has 0 bridgehead atoms. The first-order chi connectivity index (χ1) is 7.13. The molecule has 78 valence electrons. The van der Waals surface area contributed by atoms with Crippen LogP contribution in [-0.4, -0.2) is 5.91 Å². The second-order valence-electron chi connectivity index (χ2n) is 2.79. The van der Waals surface area contributed by atoms with Gasteiger partial charge in [0.25, 0.3) is 5.91 Å². The molecule has 0 heterocycles. The van der Waals surface area contributed by atoms with Crippen molar-refractivity contribution in [1.82, 2.24) is 5.32 Å². The van der Waals surface area contributed by atoms with Crippen molar-refractivity contribution in [2.24, 2.45) is 0 Å². The lowest BCUT2D eigenvalue weighted by Gasteiger charge is -2.03. The van der Waals surface area contributed by atoms with E-state index in [9.17, 15) is 13.6 Å². The quantitative estimate of drug-likeness (QED) is 0.736. The van der Waals surface area contributed by atoms with Crippen LogP contribution in [0, 0.1) is 23.5 Å². The van der Waals surface area contributed by atoms with Gasteiger partial charge in [-0.1, -0.05) is 5.92 Å². The predicted octanol–water partition coefficient (Wildman–Crippen LogP) is 1.60. The van der Waals surface area contributed by atoms with Gasteiger partial charge in [-0.15, -0.1) is 0 Å². The maximum Gasteiger partial charge on any atom is 0.296 e. The summed E-state index contributed by atoms with van der Waals surface area (Å²) in [5.41, 5.74) is 0.0984. The van der Waals surface area contributed by atoms with Crippen LogP contribution < -0.4 is 5.32 Å². The summed E-state index contributed by atoms with van der Waals surface area (Å²) in [6, 6.07) is 3.07. The summed E-state index contributed by atoms with van der Waals surface area (Å²) in [5.74, 6) is 3.03. The van der Waals surface area contributed by atoms with Gasteiger partial charge in [0, 0.05) is 12.1 Å². The number of hydrogen-bond donors (Lipinski definition) is 1. The molecule has 0 unspecified atom stereocenters. The number of amides is 1. The minimum Gasteiger partial charge on any atom is -0.341 e. The highest BCUT2D eigenvalue weighted by molar-refractivity contribution is 5.93. The first kappa shape index (κ1) is 11.2. The van der Waals surface area contributed by atoms with Crippen LogP contribution in [0.3, 0.4) is 0 Å². The van der Waals surface area contributed by atoms with E-state index < -0.39 is 17.5 Å². The Morgan fingerprint density at radius 3 is 2.87 bits per heavy atom. The van der Waals surface area contributed by atoms with Crippen molar-refractivity contribution in [3.05, 3.63) is 35.4 Å². The van der Waals surface area contributed by atoms with Crippen LogP contribution in [0.2, 0.25) is 0 Å². The first-order valence-electron chi connectivity index (χ1n) is 4.28. The number of halogens is 2. The largest absolute Gasteiger partial charge is 0.341 e. The molecule has 2 nitrogen and oxygen atoms in total. The zero-order chi connectivity index (χ0) is 11.3. The third-order valence-corrected chi connectivity index (χ3v) is 1.69. The summed E-state index contributed by atoms with van der Waals surface area (Å²) in [4.78, 5) is 10.9. The molecule has 1 N–H and O–H groups in total. The zero-order valence-electron chi connectivity index (χ0n) is 8.10. The summed E-state index contributed by atoms with van der Waals surface area (Å²) >= 11 is 0. The van der Waals surface area contributed by atoms with E-state index >= 15 is 0 Å². The van der Waals surface area contributed by atoms with Crippen molar-refractivity contribution in [3.63, 3.8) is 0 Å². The Bertz CT molecular complexity index is 432. The van der Waals surface area contributed by atoms with Gasteiger partial charge >= 0.3 is 0 Å². The van der Waals surface area contributed by atoms with E-state index in [4.69, 9.17) is 0 Å². The smallest absolute Gasteiger partial charge is 0.296 e. The van der Waals surface area contributed by atoms with Crippen LogP contribution in [-0.2, 0) is 11.3 Å². The average molecular weight is 209 g/mol. The van der Waals surface area contributed by atoms with E-state index in [2.05, 4.69) is 17.2 Å². The Labute approximate surface area is 86.3 Å². The van der Waals surface area contributed by atoms with Crippen molar-refractivity contribution >= 4 is 5.91 Å². The Hall–Kier alpha value is -1.89. The lowest BCUT2D eigenvalue weighted by Crippen LogP contribution is -2.21.